The van der Waals surface area contributed by atoms with Gasteiger partial charge >= 0.3 is 0 Å². The van der Waals surface area contributed by atoms with E-state index in [4.69, 9.17) is 9.47 Å². The fourth-order valence-electron chi connectivity index (χ4n) is 4.77. The number of nitrogens with one attached hydrogen (secondary N) is 2. The SMILES string of the molecule is CC(=O)c1ccc(Oc2ccc(CC(C)(C)NC[C@H](O)COc3cccc4[nH]c5ccccc5c34)cc2)cc1. The number of aromatic nitrogens is 1. The molecule has 1 atom stereocenters. The molecular weight excluding hydrogens is 488 g/mol. The van der Waals surface area contributed by atoms with Crippen molar-refractivity contribution in [2.75, 3.05) is 13.2 Å². The van der Waals surface area contributed by atoms with E-state index in [9.17, 15) is 9.90 Å². The number of hydrogen-bond donors (Lipinski definition) is 3. The summed E-state index contributed by atoms with van der Waals surface area (Å²) in [5.74, 6) is 2.22. The first-order chi connectivity index (χ1) is 18.8. The molecule has 0 saturated carbocycles. The second-order valence-electron chi connectivity index (χ2n) is 10.6. The Morgan fingerprint density at radius 1 is 0.897 bits per heavy atom. The minimum atomic E-state index is -0.657. The molecule has 0 saturated heterocycles. The van der Waals surface area contributed by atoms with Gasteiger partial charge in [0.25, 0.3) is 0 Å². The number of aliphatic hydroxyl groups is 1. The van der Waals surface area contributed by atoms with Crippen LogP contribution >= 0.6 is 0 Å². The zero-order valence-electron chi connectivity index (χ0n) is 22.5. The first kappa shape index (κ1) is 26.5. The Hall–Kier alpha value is -4.13. The lowest BCUT2D eigenvalue weighted by Crippen LogP contribution is -2.46. The number of ether oxygens (including phenoxy) is 2. The summed E-state index contributed by atoms with van der Waals surface area (Å²) in [5, 5.41) is 16.3. The molecule has 0 bridgehead atoms. The average molecular weight is 523 g/mol. The van der Waals surface area contributed by atoms with Crippen molar-refractivity contribution in [3.63, 3.8) is 0 Å². The second kappa shape index (κ2) is 11.3. The first-order valence-electron chi connectivity index (χ1n) is 13.2. The normalized spacial score (nSPS) is 12.5. The predicted molar refractivity (Wildman–Crippen MR) is 156 cm³/mol. The fourth-order valence-corrected chi connectivity index (χ4v) is 4.77. The van der Waals surface area contributed by atoms with Crippen molar-refractivity contribution in [1.29, 1.82) is 0 Å². The molecule has 0 aliphatic carbocycles. The number of Topliss-reactive ketones (excluding diaryl/α,β-unsaturated/α-hetero) is 1. The van der Waals surface area contributed by atoms with Crippen molar-refractivity contribution in [2.45, 2.75) is 38.8 Å². The highest BCUT2D eigenvalue weighted by Gasteiger charge is 2.20. The van der Waals surface area contributed by atoms with Crippen LogP contribution in [-0.2, 0) is 6.42 Å². The number of β-amino-alcohol motifs (C(OH)–C–C–N with tert-alkyl or cyclic N) is 1. The number of rotatable bonds is 11. The van der Waals surface area contributed by atoms with E-state index in [1.807, 2.05) is 54.6 Å². The zero-order chi connectivity index (χ0) is 27.4. The van der Waals surface area contributed by atoms with Crippen molar-refractivity contribution in [1.82, 2.24) is 10.3 Å². The number of ketones is 1. The Morgan fingerprint density at radius 3 is 2.28 bits per heavy atom. The number of carbonyl (C=O) groups is 1. The largest absolute Gasteiger partial charge is 0.490 e. The summed E-state index contributed by atoms with van der Waals surface area (Å²) in [6.45, 7) is 6.39. The van der Waals surface area contributed by atoms with Gasteiger partial charge in [-0.1, -0.05) is 36.4 Å². The van der Waals surface area contributed by atoms with Gasteiger partial charge in [-0.25, -0.2) is 0 Å². The highest BCUT2D eigenvalue weighted by atomic mass is 16.5. The molecule has 0 aliphatic rings. The highest BCUT2D eigenvalue weighted by Crippen LogP contribution is 2.33. The van der Waals surface area contributed by atoms with E-state index >= 15 is 0 Å². The van der Waals surface area contributed by atoms with Crippen molar-refractivity contribution in [3.8, 4) is 17.2 Å². The number of para-hydroxylation sites is 1. The predicted octanol–water partition coefficient (Wildman–Crippen LogP) is 6.67. The van der Waals surface area contributed by atoms with Crippen LogP contribution in [0.4, 0.5) is 0 Å². The standard InChI is InChI=1S/C33H34N2O4/c1-22(36)24-13-17-27(18-14-24)39-26-15-11-23(12-16-26)19-33(2,3)34-20-25(37)21-38-31-10-6-9-30-32(31)28-7-4-5-8-29(28)35-30/h4-18,25,34-35,37H,19-21H2,1-3H3/t25-/m0/s1. The van der Waals surface area contributed by atoms with Crippen LogP contribution in [0.2, 0.25) is 0 Å². The molecule has 4 aromatic carbocycles. The summed E-state index contributed by atoms with van der Waals surface area (Å²) in [7, 11) is 0. The smallest absolute Gasteiger partial charge is 0.159 e. The molecule has 1 aromatic heterocycles. The van der Waals surface area contributed by atoms with Crippen LogP contribution in [0, 0.1) is 0 Å². The fraction of sp³-hybridized carbons (Fsp3) is 0.242. The molecule has 1 heterocycles. The highest BCUT2D eigenvalue weighted by molar-refractivity contribution is 6.10. The van der Waals surface area contributed by atoms with Crippen LogP contribution in [0.1, 0.15) is 36.7 Å². The average Bonchev–Trinajstić information content (AvgIpc) is 3.31. The number of carbonyl (C=O) groups excluding carboxylic acids is 1. The van der Waals surface area contributed by atoms with Crippen LogP contribution in [-0.4, -0.2) is 40.7 Å². The van der Waals surface area contributed by atoms with Gasteiger partial charge < -0.3 is 24.9 Å². The molecule has 5 rings (SSSR count). The molecule has 0 fully saturated rings. The third-order valence-electron chi connectivity index (χ3n) is 6.81. The van der Waals surface area contributed by atoms with Crippen LogP contribution in [0.5, 0.6) is 17.2 Å². The second-order valence-corrected chi connectivity index (χ2v) is 10.6. The van der Waals surface area contributed by atoms with Gasteiger partial charge in [0, 0.05) is 33.9 Å². The summed E-state index contributed by atoms with van der Waals surface area (Å²) in [5.41, 5.74) is 3.67. The maximum atomic E-state index is 11.4. The Kier molecular flexibility index (Phi) is 7.68. The van der Waals surface area contributed by atoms with E-state index in [0.29, 0.717) is 17.9 Å². The third-order valence-corrected chi connectivity index (χ3v) is 6.81. The molecule has 5 aromatic rings. The van der Waals surface area contributed by atoms with Gasteiger partial charge in [0.05, 0.1) is 5.52 Å². The topological polar surface area (TPSA) is 83.6 Å². The number of hydrogen-bond acceptors (Lipinski definition) is 5. The third kappa shape index (κ3) is 6.48. The van der Waals surface area contributed by atoms with E-state index in [2.05, 4.69) is 36.3 Å². The Balaban J connectivity index is 1.13. The molecule has 0 radical (unpaired) electrons. The number of H-pyrrole nitrogens is 1. The Bertz CT molecular complexity index is 1570. The molecule has 0 aliphatic heterocycles. The lowest BCUT2D eigenvalue weighted by Gasteiger charge is -2.28. The van der Waals surface area contributed by atoms with Crippen molar-refractivity contribution in [2.24, 2.45) is 0 Å². The molecule has 39 heavy (non-hydrogen) atoms. The van der Waals surface area contributed by atoms with E-state index in [-0.39, 0.29) is 17.9 Å². The summed E-state index contributed by atoms with van der Waals surface area (Å²) < 4.78 is 12.0. The first-order valence-corrected chi connectivity index (χ1v) is 13.2. The van der Waals surface area contributed by atoms with E-state index in [1.165, 1.54) is 0 Å². The van der Waals surface area contributed by atoms with Crippen molar-refractivity contribution >= 4 is 27.6 Å². The van der Waals surface area contributed by atoms with Crippen LogP contribution in [0.3, 0.4) is 0 Å². The molecule has 0 spiro atoms. The zero-order valence-corrected chi connectivity index (χ0v) is 22.5. The Morgan fingerprint density at radius 2 is 1.56 bits per heavy atom. The van der Waals surface area contributed by atoms with Crippen LogP contribution in [0.25, 0.3) is 21.8 Å². The van der Waals surface area contributed by atoms with Gasteiger partial charge in [0.15, 0.2) is 5.78 Å². The van der Waals surface area contributed by atoms with Crippen molar-refractivity contribution in [3.05, 3.63) is 102 Å². The van der Waals surface area contributed by atoms with Crippen molar-refractivity contribution < 1.29 is 19.4 Å². The quantitative estimate of drug-likeness (QED) is 0.169. The summed E-state index contributed by atoms with van der Waals surface area (Å²) in [4.78, 5) is 14.9. The van der Waals surface area contributed by atoms with Gasteiger partial charge in [0.1, 0.15) is 30.0 Å². The maximum absolute atomic E-state index is 11.4. The lowest BCUT2D eigenvalue weighted by atomic mass is 9.94. The molecule has 200 valence electrons. The summed E-state index contributed by atoms with van der Waals surface area (Å²) in [6, 6.07) is 29.2. The molecule has 0 amide bonds. The van der Waals surface area contributed by atoms with Gasteiger partial charge in [-0.15, -0.1) is 0 Å². The summed E-state index contributed by atoms with van der Waals surface area (Å²) in [6.07, 6.45) is 0.123. The molecule has 0 unspecified atom stereocenters. The molecule has 3 N–H and O–H groups in total. The van der Waals surface area contributed by atoms with Gasteiger partial charge in [-0.3, -0.25) is 4.79 Å². The van der Waals surface area contributed by atoms with E-state index < -0.39 is 6.10 Å². The molecule has 6 heteroatoms. The minimum Gasteiger partial charge on any atom is -0.490 e. The van der Waals surface area contributed by atoms with E-state index in [0.717, 1.165) is 45.3 Å². The van der Waals surface area contributed by atoms with E-state index in [1.54, 1.807) is 31.2 Å². The number of fused-ring (bicyclic) bond motifs is 3. The van der Waals surface area contributed by atoms with Gasteiger partial charge in [-0.05, 0) is 87.4 Å². The van der Waals surface area contributed by atoms with Crippen LogP contribution in [0.15, 0.2) is 91.0 Å². The lowest BCUT2D eigenvalue weighted by molar-refractivity contribution is 0.0996. The minimum absolute atomic E-state index is 0.0326. The number of aliphatic hydroxyl groups excluding tert-OH is 1. The van der Waals surface area contributed by atoms with Crippen LogP contribution < -0.4 is 14.8 Å². The molecule has 6 nitrogen and oxygen atoms in total. The maximum Gasteiger partial charge on any atom is 0.159 e. The Labute approximate surface area is 228 Å². The summed E-state index contributed by atoms with van der Waals surface area (Å²) >= 11 is 0. The van der Waals surface area contributed by atoms with Gasteiger partial charge in [-0.2, -0.15) is 0 Å². The molecular formula is C33H34N2O4. The van der Waals surface area contributed by atoms with Gasteiger partial charge in [0.2, 0.25) is 0 Å². The number of benzene rings is 4. The number of aromatic amines is 1. The monoisotopic (exact) mass is 522 g/mol.